The molecule has 0 amide bonds. The van der Waals surface area contributed by atoms with Gasteiger partial charge in [0.05, 0.1) is 23.5 Å². The summed E-state index contributed by atoms with van der Waals surface area (Å²) < 4.78 is 13.0. The fourth-order valence-electron chi connectivity index (χ4n) is 2.66. The van der Waals surface area contributed by atoms with Crippen LogP contribution in [0.5, 0.6) is 0 Å². The predicted octanol–water partition coefficient (Wildman–Crippen LogP) is 1.98. The van der Waals surface area contributed by atoms with Crippen molar-refractivity contribution < 1.29 is 14.3 Å². The molecule has 1 aliphatic rings. The van der Waals surface area contributed by atoms with Crippen LogP contribution in [0.25, 0.3) is 11.3 Å². The lowest BCUT2D eigenvalue weighted by Crippen LogP contribution is -2.36. The van der Waals surface area contributed by atoms with Gasteiger partial charge in [0, 0.05) is 24.8 Å². The van der Waals surface area contributed by atoms with Gasteiger partial charge in [-0.2, -0.15) is 4.39 Å². The molecular weight excluding hydrogens is 287 g/mol. The summed E-state index contributed by atoms with van der Waals surface area (Å²) in [7, 11) is 0. The average molecular weight is 302 g/mol. The van der Waals surface area contributed by atoms with E-state index in [-0.39, 0.29) is 5.92 Å². The molecule has 0 aliphatic carbocycles. The zero-order chi connectivity index (χ0) is 15.5. The van der Waals surface area contributed by atoms with Crippen LogP contribution in [0.2, 0.25) is 0 Å². The quantitative estimate of drug-likeness (QED) is 0.873. The van der Waals surface area contributed by atoms with E-state index in [1.165, 1.54) is 18.6 Å². The first-order valence-corrected chi connectivity index (χ1v) is 7.05. The van der Waals surface area contributed by atoms with E-state index in [1.54, 1.807) is 12.3 Å². The predicted molar refractivity (Wildman–Crippen MR) is 77.8 cm³/mol. The maximum atomic E-state index is 13.0. The van der Waals surface area contributed by atoms with Gasteiger partial charge in [0.1, 0.15) is 6.33 Å². The third-order valence-electron chi connectivity index (χ3n) is 3.88. The molecule has 7 heteroatoms. The molecule has 0 unspecified atom stereocenters. The van der Waals surface area contributed by atoms with Gasteiger partial charge in [-0.05, 0) is 25.0 Å². The zero-order valence-electron chi connectivity index (χ0n) is 11.8. The first-order chi connectivity index (χ1) is 10.6. The second-order valence-electron chi connectivity index (χ2n) is 5.23. The van der Waals surface area contributed by atoms with E-state index >= 15 is 0 Å². The van der Waals surface area contributed by atoms with E-state index < -0.39 is 11.9 Å². The molecule has 0 saturated carbocycles. The average Bonchev–Trinajstić information content (AvgIpc) is 2.56. The first-order valence-electron chi connectivity index (χ1n) is 7.05. The van der Waals surface area contributed by atoms with Crippen LogP contribution in [0.15, 0.2) is 30.9 Å². The summed E-state index contributed by atoms with van der Waals surface area (Å²) in [6.07, 6.45) is 5.75. The van der Waals surface area contributed by atoms with Crippen LogP contribution >= 0.6 is 0 Å². The smallest absolute Gasteiger partial charge is 0.306 e. The standard InChI is InChI=1S/C15H15FN4O2/c16-13-2-1-11(7-18-13)14-12(8-17-9-19-14)20-5-3-10(4-6-20)15(21)22/h1-2,7-10H,3-6H2,(H,21,22). The number of carboxylic acids is 1. The number of aliphatic carboxylic acids is 1. The van der Waals surface area contributed by atoms with Crippen LogP contribution in [0.3, 0.4) is 0 Å². The Labute approximate surface area is 126 Å². The second-order valence-corrected chi connectivity index (χ2v) is 5.23. The van der Waals surface area contributed by atoms with E-state index in [2.05, 4.69) is 19.9 Å². The summed E-state index contributed by atoms with van der Waals surface area (Å²) in [5.74, 6) is -1.58. The molecule has 1 aliphatic heterocycles. The number of rotatable bonds is 3. The molecule has 1 saturated heterocycles. The molecule has 2 aromatic heterocycles. The molecule has 2 aromatic rings. The fraction of sp³-hybridized carbons (Fsp3) is 0.333. The van der Waals surface area contributed by atoms with Gasteiger partial charge in [-0.3, -0.25) is 4.79 Å². The summed E-state index contributed by atoms with van der Waals surface area (Å²) in [6, 6.07) is 2.91. The minimum absolute atomic E-state index is 0.295. The Bertz CT molecular complexity index is 669. The number of piperidine rings is 1. The van der Waals surface area contributed by atoms with Gasteiger partial charge in [0.25, 0.3) is 0 Å². The molecule has 3 rings (SSSR count). The van der Waals surface area contributed by atoms with Crippen molar-refractivity contribution in [2.24, 2.45) is 5.92 Å². The highest BCUT2D eigenvalue weighted by molar-refractivity contribution is 5.74. The Morgan fingerprint density at radius 2 is 2.00 bits per heavy atom. The van der Waals surface area contributed by atoms with E-state index in [9.17, 15) is 9.18 Å². The Kier molecular flexibility index (Phi) is 3.95. The van der Waals surface area contributed by atoms with Crippen molar-refractivity contribution in [1.29, 1.82) is 0 Å². The number of pyridine rings is 1. The van der Waals surface area contributed by atoms with Crippen LogP contribution in [0.4, 0.5) is 10.1 Å². The summed E-state index contributed by atoms with van der Waals surface area (Å²) in [5.41, 5.74) is 2.20. The summed E-state index contributed by atoms with van der Waals surface area (Å²) in [6.45, 7) is 1.26. The molecular formula is C15H15FN4O2. The zero-order valence-corrected chi connectivity index (χ0v) is 11.8. The lowest BCUT2D eigenvalue weighted by atomic mass is 9.96. The van der Waals surface area contributed by atoms with Crippen LogP contribution in [-0.2, 0) is 4.79 Å². The largest absolute Gasteiger partial charge is 0.481 e. The van der Waals surface area contributed by atoms with Gasteiger partial charge >= 0.3 is 5.97 Å². The number of halogens is 1. The van der Waals surface area contributed by atoms with Crippen LogP contribution in [0.1, 0.15) is 12.8 Å². The van der Waals surface area contributed by atoms with Gasteiger partial charge in [0.15, 0.2) is 0 Å². The molecule has 1 fully saturated rings. The Morgan fingerprint density at radius 3 is 2.64 bits per heavy atom. The van der Waals surface area contributed by atoms with Crippen molar-refractivity contribution in [2.75, 3.05) is 18.0 Å². The van der Waals surface area contributed by atoms with Crippen molar-refractivity contribution in [1.82, 2.24) is 15.0 Å². The number of carboxylic acid groups (broad SMARTS) is 1. The molecule has 0 spiro atoms. The highest BCUT2D eigenvalue weighted by Gasteiger charge is 2.26. The number of aromatic nitrogens is 3. The lowest BCUT2D eigenvalue weighted by molar-refractivity contribution is -0.142. The fourth-order valence-corrected chi connectivity index (χ4v) is 2.66. The Balaban J connectivity index is 1.86. The number of hydrogen-bond donors (Lipinski definition) is 1. The summed E-state index contributed by atoms with van der Waals surface area (Å²) in [4.78, 5) is 25.1. The maximum absolute atomic E-state index is 13.0. The van der Waals surface area contributed by atoms with Crippen molar-refractivity contribution in [3.8, 4) is 11.3 Å². The van der Waals surface area contributed by atoms with Gasteiger partial charge in [-0.1, -0.05) is 0 Å². The van der Waals surface area contributed by atoms with E-state index in [4.69, 9.17) is 5.11 Å². The highest BCUT2D eigenvalue weighted by Crippen LogP contribution is 2.30. The SMILES string of the molecule is O=C(O)C1CCN(c2cncnc2-c2ccc(F)nc2)CC1. The van der Waals surface area contributed by atoms with Crippen molar-refractivity contribution >= 4 is 11.7 Å². The molecule has 1 N–H and O–H groups in total. The summed E-state index contributed by atoms with van der Waals surface area (Å²) in [5, 5.41) is 9.07. The normalized spacial score (nSPS) is 15.8. The monoisotopic (exact) mass is 302 g/mol. The number of anilines is 1. The molecule has 114 valence electrons. The van der Waals surface area contributed by atoms with Crippen molar-refractivity contribution in [3.05, 3.63) is 36.8 Å². The van der Waals surface area contributed by atoms with E-state index in [1.807, 2.05) is 0 Å². The highest BCUT2D eigenvalue weighted by atomic mass is 19.1. The third kappa shape index (κ3) is 2.88. The molecule has 0 radical (unpaired) electrons. The molecule has 22 heavy (non-hydrogen) atoms. The number of carbonyl (C=O) groups is 1. The Hall–Kier alpha value is -2.57. The molecule has 0 atom stereocenters. The van der Waals surface area contributed by atoms with Crippen LogP contribution < -0.4 is 4.90 Å². The molecule has 3 heterocycles. The van der Waals surface area contributed by atoms with E-state index in [0.29, 0.717) is 37.2 Å². The first kappa shape index (κ1) is 14.4. The number of hydrogen-bond acceptors (Lipinski definition) is 5. The topological polar surface area (TPSA) is 79.2 Å². The minimum Gasteiger partial charge on any atom is -0.481 e. The van der Waals surface area contributed by atoms with E-state index in [0.717, 1.165) is 5.69 Å². The van der Waals surface area contributed by atoms with Gasteiger partial charge < -0.3 is 10.0 Å². The molecule has 0 bridgehead atoms. The lowest BCUT2D eigenvalue weighted by Gasteiger charge is -2.32. The molecule has 6 nitrogen and oxygen atoms in total. The van der Waals surface area contributed by atoms with Gasteiger partial charge in [-0.25, -0.2) is 15.0 Å². The third-order valence-corrected chi connectivity index (χ3v) is 3.88. The summed E-state index contributed by atoms with van der Waals surface area (Å²) >= 11 is 0. The van der Waals surface area contributed by atoms with Crippen molar-refractivity contribution in [3.63, 3.8) is 0 Å². The Morgan fingerprint density at radius 1 is 1.23 bits per heavy atom. The second kappa shape index (κ2) is 6.05. The molecule has 0 aromatic carbocycles. The number of nitrogens with zero attached hydrogens (tertiary/aromatic N) is 4. The van der Waals surface area contributed by atoms with Gasteiger partial charge in [-0.15, -0.1) is 0 Å². The maximum Gasteiger partial charge on any atom is 0.306 e. The van der Waals surface area contributed by atoms with Gasteiger partial charge in [0.2, 0.25) is 5.95 Å². The minimum atomic E-state index is -0.744. The van der Waals surface area contributed by atoms with Crippen LogP contribution in [-0.4, -0.2) is 39.1 Å². The van der Waals surface area contributed by atoms with Crippen LogP contribution in [0, 0.1) is 11.9 Å². The van der Waals surface area contributed by atoms with Crippen molar-refractivity contribution in [2.45, 2.75) is 12.8 Å².